The van der Waals surface area contributed by atoms with E-state index in [4.69, 9.17) is 5.73 Å². The minimum Gasteiger partial charge on any atom is -0.352 e. The number of nitrogens with one attached hydrogen (secondary N) is 1. The Hall–Kier alpha value is -2.21. The molecule has 6 nitrogen and oxygen atoms in total. The van der Waals surface area contributed by atoms with Crippen LogP contribution in [0.2, 0.25) is 0 Å². The lowest BCUT2D eigenvalue weighted by Crippen LogP contribution is -2.33. The van der Waals surface area contributed by atoms with Gasteiger partial charge in [-0.2, -0.15) is 0 Å². The number of carbonyl (C=O) groups excluding carboxylic acids is 3. The van der Waals surface area contributed by atoms with Gasteiger partial charge in [-0.1, -0.05) is 12.1 Å². The van der Waals surface area contributed by atoms with E-state index in [1.807, 2.05) is 12.1 Å². The lowest BCUT2D eigenvalue weighted by Gasteiger charge is -2.13. The molecule has 1 aromatic rings. The van der Waals surface area contributed by atoms with Gasteiger partial charge < -0.3 is 11.1 Å². The molecule has 1 saturated heterocycles. The summed E-state index contributed by atoms with van der Waals surface area (Å²) in [5.74, 6) is -0.412. The van der Waals surface area contributed by atoms with Gasteiger partial charge in [-0.3, -0.25) is 19.3 Å². The van der Waals surface area contributed by atoms with Gasteiger partial charge in [0.05, 0.1) is 0 Å². The molecule has 1 aliphatic heterocycles. The predicted molar refractivity (Wildman–Crippen MR) is 77.2 cm³/mol. The first kappa shape index (κ1) is 15.2. The Balaban J connectivity index is 1.74. The Morgan fingerprint density at radius 3 is 2.33 bits per heavy atom. The first-order valence-electron chi connectivity index (χ1n) is 7.02. The lowest BCUT2D eigenvalue weighted by atomic mass is 10.1. The first-order valence-corrected chi connectivity index (χ1v) is 7.02. The van der Waals surface area contributed by atoms with Crippen molar-refractivity contribution >= 4 is 17.7 Å². The molecule has 0 saturated carbocycles. The zero-order valence-electron chi connectivity index (χ0n) is 11.8. The van der Waals surface area contributed by atoms with Gasteiger partial charge in [-0.25, -0.2) is 0 Å². The molecule has 0 bridgehead atoms. The van der Waals surface area contributed by atoms with Gasteiger partial charge in [0.25, 0.3) is 5.91 Å². The van der Waals surface area contributed by atoms with E-state index in [1.165, 1.54) is 4.90 Å². The molecule has 2 rings (SSSR count). The molecule has 3 N–H and O–H groups in total. The fourth-order valence-corrected chi connectivity index (χ4v) is 2.21. The standard InChI is InChI=1S/C15H19N3O3/c16-10-11-2-4-12(5-3-11)15(21)17-8-1-9-18-13(19)6-7-14(18)20/h2-5H,1,6-10,16H2,(H,17,21). The van der Waals surface area contributed by atoms with E-state index < -0.39 is 0 Å². The average Bonchev–Trinajstić information content (AvgIpc) is 2.82. The van der Waals surface area contributed by atoms with Crippen molar-refractivity contribution in [2.24, 2.45) is 5.73 Å². The molecule has 1 fully saturated rings. The fourth-order valence-electron chi connectivity index (χ4n) is 2.21. The van der Waals surface area contributed by atoms with E-state index >= 15 is 0 Å². The number of hydrogen-bond donors (Lipinski definition) is 2. The molecule has 3 amide bonds. The summed E-state index contributed by atoms with van der Waals surface area (Å²) >= 11 is 0. The minimum absolute atomic E-state index is 0.122. The van der Waals surface area contributed by atoms with Crippen molar-refractivity contribution in [3.05, 3.63) is 35.4 Å². The van der Waals surface area contributed by atoms with E-state index in [0.29, 0.717) is 44.5 Å². The zero-order chi connectivity index (χ0) is 15.2. The van der Waals surface area contributed by atoms with Crippen LogP contribution in [-0.4, -0.2) is 35.7 Å². The maximum atomic E-state index is 11.9. The number of imide groups is 1. The van der Waals surface area contributed by atoms with Crippen LogP contribution in [-0.2, 0) is 16.1 Å². The van der Waals surface area contributed by atoms with Crippen molar-refractivity contribution in [2.75, 3.05) is 13.1 Å². The highest BCUT2D eigenvalue weighted by Crippen LogP contribution is 2.11. The molecule has 6 heteroatoms. The minimum atomic E-state index is -0.169. The summed E-state index contributed by atoms with van der Waals surface area (Å²) in [5.41, 5.74) is 7.04. The maximum Gasteiger partial charge on any atom is 0.251 e. The van der Waals surface area contributed by atoms with Gasteiger partial charge in [-0.15, -0.1) is 0 Å². The van der Waals surface area contributed by atoms with Crippen LogP contribution in [0, 0.1) is 0 Å². The van der Waals surface area contributed by atoms with E-state index in [2.05, 4.69) is 5.32 Å². The van der Waals surface area contributed by atoms with Crippen molar-refractivity contribution in [1.82, 2.24) is 10.2 Å². The summed E-state index contributed by atoms with van der Waals surface area (Å²) in [6.45, 7) is 1.23. The number of nitrogens with two attached hydrogens (primary N) is 1. The Bertz CT molecular complexity index is 524. The van der Waals surface area contributed by atoms with Crippen LogP contribution in [0.3, 0.4) is 0 Å². The van der Waals surface area contributed by atoms with Crippen molar-refractivity contribution in [2.45, 2.75) is 25.8 Å². The number of benzene rings is 1. The fraction of sp³-hybridized carbons (Fsp3) is 0.400. The molecule has 0 spiro atoms. The predicted octanol–water partition coefficient (Wildman–Crippen LogP) is 0.414. The van der Waals surface area contributed by atoms with Crippen molar-refractivity contribution in [3.8, 4) is 0 Å². The Morgan fingerprint density at radius 2 is 1.76 bits per heavy atom. The van der Waals surface area contributed by atoms with Gasteiger partial charge in [0.15, 0.2) is 0 Å². The quantitative estimate of drug-likeness (QED) is 0.586. The second kappa shape index (κ2) is 6.99. The summed E-state index contributed by atoms with van der Waals surface area (Å²) < 4.78 is 0. The smallest absolute Gasteiger partial charge is 0.251 e. The van der Waals surface area contributed by atoms with Gasteiger partial charge in [0.2, 0.25) is 11.8 Å². The average molecular weight is 289 g/mol. The van der Waals surface area contributed by atoms with Crippen molar-refractivity contribution in [3.63, 3.8) is 0 Å². The molecule has 1 heterocycles. The van der Waals surface area contributed by atoms with Crippen LogP contribution >= 0.6 is 0 Å². The third-order valence-corrected chi connectivity index (χ3v) is 3.45. The number of nitrogens with zero attached hydrogens (tertiary/aromatic N) is 1. The number of amides is 3. The van der Waals surface area contributed by atoms with Crippen LogP contribution in [0.25, 0.3) is 0 Å². The zero-order valence-corrected chi connectivity index (χ0v) is 11.8. The summed E-state index contributed by atoms with van der Waals surface area (Å²) in [7, 11) is 0. The molecule has 0 aliphatic carbocycles. The first-order chi connectivity index (χ1) is 10.1. The molecule has 0 unspecified atom stereocenters. The second-order valence-electron chi connectivity index (χ2n) is 4.95. The normalized spacial score (nSPS) is 14.6. The summed E-state index contributed by atoms with van der Waals surface area (Å²) in [6.07, 6.45) is 1.17. The molecule has 0 atom stereocenters. The SMILES string of the molecule is NCc1ccc(C(=O)NCCCN2C(=O)CCC2=O)cc1. The van der Waals surface area contributed by atoms with Gasteiger partial charge in [0.1, 0.15) is 0 Å². The molecular weight excluding hydrogens is 270 g/mol. The van der Waals surface area contributed by atoms with Crippen molar-refractivity contribution < 1.29 is 14.4 Å². The number of rotatable bonds is 6. The highest BCUT2D eigenvalue weighted by molar-refractivity contribution is 6.01. The Kier molecular flexibility index (Phi) is 5.05. The second-order valence-corrected chi connectivity index (χ2v) is 4.95. The Morgan fingerprint density at radius 1 is 1.14 bits per heavy atom. The third-order valence-electron chi connectivity index (χ3n) is 3.45. The highest BCUT2D eigenvalue weighted by atomic mass is 16.2. The van der Waals surface area contributed by atoms with Crippen molar-refractivity contribution in [1.29, 1.82) is 0 Å². The monoisotopic (exact) mass is 289 g/mol. The summed E-state index contributed by atoms with van der Waals surface area (Å²) in [6, 6.07) is 7.09. The maximum absolute atomic E-state index is 11.9. The van der Waals surface area contributed by atoms with Crippen LogP contribution in [0.15, 0.2) is 24.3 Å². The highest BCUT2D eigenvalue weighted by Gasteiger charge is 2.27. The van der Waals surface area contributed by atoms with Crippen LogP contribution in [0.5, 0.6) is 0 Å². The van der Waals surface area contributed by atoms with E-state index in [-0.39, 0.29) is 17.7 Å². The Labute approximate surface area is 123 Å². The number of likely N-dealkylation sites (tertiary alicyclic amines) is 1. The number of hydrogen-bond acceptors (Lipinski definition) is 4. The third kappa shape index (κ3) is 3.88. The molecule has 21 heavy (non-hydrogen) atoms. The molecular formula is C15H19N3O3. The molecule has 0 radical (unpaired) electrons. The van der Waals surface area contributed by atoms with Crippen LogP contribution < -0.4 is 11.1 Å². The lowest BCUT2D eigenvalue weighted by molar-refractivity contribution is -0.138. The molecule has 1 aromatic carbocycles. The van der Waals surface area contributed by atoms with E-state index in [9.17, 15) is 14.4 Å². The van der Waals surface area contributed by atoms with E-state index in [0.717, 1.165) is 5.56 Å². The largest absolute Gasteiger partial charge is 0.352 e. The van der Waals surface area contributed by atoms with Crippen LogP contribution in [0.1, 0.15) is 35.2 Å². The molecule has 1 aliphatic rings. The van der Waals surface area contributed by atoms with Gasteiger partial charge in [-0.05, 0) is 24.1 Å². The van der Waals surface area contributed by atoms with Gasteiger partial charge >= 0.3 is 0 Å². The molecule has 0 aromatic heterocycles. The van der Waals surface area contributed by atoms with E-state index in [1.54, 1.807) is 12.1 Å². The van der Waals surface area contributed by atoms with Gasteiger partial charge in [0, 0.05) is 38.0 Å². The number of carbonyl (C=O) groups is 3. The molecule has 112 valence electrons. The summed E-state index contributed by atoms with van der Waals surface area (Å²) in [4.78, 5) is 35.9. The topological polar surface area (TPSA) is 92.5 Å². The van der Waals surface area contributed by atoms with Crippen LogP contribution in [0.4, 0.5) is 0 Å². The summed E-state index contributed by atoms with van der Waals surface area (Å²) in [5, 5.41) is 2.77.